The maximum absolute atomic E-state index is 10.8. The van der Waals surface area contributed by atoms with Crippen LogP contribution in [0.25, 0.3) is 23.2 Å². The molecule has 3 heterocycles. The Morgan fingerprint density at radius 1 is 1.24 bits per heavy atom. The Balaban J connectivity index is 2.00. The van der Waals surface area contributed by atoms with Crippen LogP contribution < -0.4 is 5.56 Å². The van der Waals surface area contributed by atoms with E-state index in [1.54, 1.807) is 0 Å². The molecule has 0 radical (unpaired) electrons. The zero-order valence-corrected chi connectivity index (χ0v) is 8.28. The number of aromatic amines is 2. The first kappa shape index (κ1) is 9.39. The summed E-state index contributed by atoms with van der Waals surface area (Å²) in [5.74, 6) is 0.850. The van der Waals surface area contributed by atoms with Crippen molar-refractivity contribution in [3.63, 3.8) is 0 Å². The summed E-state index contributed by atoms with van der Waals surface area (Å²) < 4.78 is 4.98. The predicted molar refractivity (Wildman–Crippen MR) is 53.5 cm³/mol. The first-order valence-electron chi connectivity index (χ1n) is 4.58. The Morgan fingerprint density at radius 2 is 2.18 bits per heavy atom. The van der Waals surface area contributed by atoms with E-state index in [2.05, 4.69) is 35.5 Å². The minimum atomic E-state index is -0.302. The van der Waals surface area contributed by atoms with E-state index in [4.69, 9.17) is 4.52 Å². The Bertz CT molecular complexity index is 663. The average Bonchev–Trinajstić information content (AvgIpc) is 3.00. The molecule has 0 aromatic carbocycles. The zero-order valence-electron chi connectivity index (χ0n) is 8.28. The van der Waals surface area contributed by atoms with E-state index < -0.39 is 0 Å². The number of hydrogen-bond acceptors (Lipinski definition) is 7. The third-order valence-electron chi connectivity index (χ3n) is 1.95. The number of aromatic nitrogens is 7. The summed E-state index contributed by atoms with van der Waals surface area (Å²) in [7, 11) is 0. The molecule has 9 heteroatoms. The van der Waals surface area contributed by atoms with Gasteiger partial charge < -0.3 is 4.52 Å². The average molecular weight is 231 g/mol. The van der Waals surface area contributed by atoms with Crippen LogP contribution in [0, 0.1) is 0 Å². The van der Waals surface area contributed by atoms with Crippen LogP contribution in [0.3, 0.4) is 0 Å². The number of nitrogens with one attached hydrogen (secondary N) is 2. The summed E-state index contributed by atoms with van der Waals surface area (Å²) in [6.07, 6.45) is 1.34. The van der Waals surface area contributed by atoms with Crippen molar-refractivity contribution in [3.8, 4) is 23.2 Å². The van der Waals surface area contributed by atoms with Gasteiger partial charge in [0.1, 0.15) is 12.0 Å². The van der Waals surface area contributed by atoms with E-state index >= 15 is 0 Å². The topological polar surface area (TPSA) is 126 Å². The van der Waals surface area contributed by atoms with Crippen LogP contribution >= 0.6 is 0 Å². The van der Waals surface area contributed by atoms with Crippen molar-refractivity contribution < 1.29 is 4.52 Å². The van der Waals surface area contributed by atoms with Crippen molar-refractivity contribution in [1.29, 1.82) is 0 Å². The number of rotatable bonds is 2. The van der Waals surface area contributed by atoms with Crippen molar-refractivity contribution in [3.05, 3.63) is 28.8 Å². The summed E-state index contributed by atoms with van der Waals surface area (Å²) >= 11 is 0. The lowest BCUT2D eigenvalue weighted by atomic mass is 10.4. The fraction of sp³-hybridized carbons (Fsp3) is 0. The van der Waals surface area contributed by atoms with Crippen molar-refractivity contribution >= 4 is 0 Å². The highest BCUT2D eigenvalue weighted by molar-refractivity contribution is 5.50. The minimum absolute atomic E-state index is 0.188. The van der Waals surface area contributed by atoms with E-state index in [0.29, 0.717) is 11.5 Å². The lowest BCUT2D eigenvalue weighted by Crippen LogP contribution is -2.05. The van der Waals surface area contributed by atoms with Gasteiger partial charge in [-0.1, -0.05) is 5.16 Å². The van der Waals surface area contributed by atoms with Gasteiger partial charge in [0, 0.05) is 6.07 Å². The lowest BCUT2D eigenvalue weighted by Gasteiger charge is -1.88. The van der Waals surface area contributed by atoms with Gasteiger partial charge in [0.05, 0.1) is 0 Å². The highest BCUT2D eigenvalue weighted by atomic mass is 16.5. The largest absolute Gasteiger partial charge is 0.332 e. The SMILES string of the molecule is O=c1ccc(-c2nc(-c3ncn[nH]3)no2)n[nH]1. The zero-order chi connectivity index (χ0) is 11.7. The molecule has 0 atom stereocenters. The third kappa shape index (κ3) is 1.69. The summed E-state index contributed by atoms with van der Waals surface area (Å²) in [6.45, 7) is 0. The van der Waals surface area contributed by atoms with Crippen LogP contribution in [0.2, 0.25) is 0 Å². The van der Waals surface area contributed by atoms with Gasteiger partial charge in [0.25, 0.3) is 11.4 Å². The molecule has 0 aliphatic heterocycles. The monoisotopic (exact) mass is 231 g/mol. The molecule has 9 nitrogen and oxygen atoms in total. The predicted octanol–water partition coefficient (Wildman–Crippen LogP) is -0.395. The van der Waals surface area contributed by atoms with Gasteiger partial charge in [-0.2, -0.15) is 15.2 Å². The van der Waals surface area contributed by atoms with E-state index in [9.17, 15) is 4.79 Å². The van der Waals surface area contributed by atoms with Gasteiger partial charge in [0.15, 0.2) is 5.82 Å². The van der Waals surface area contributed by atoms with Crippen molar-refractivity contribution in [2.75, 3.05) is 0 Å². The number of H-pyrrole nitrogens is 2. The van der Waals surface area contributed by atoms with Gasteiger partial charge in [-0.15, -0.1) is 0 Å². The van der Waals surface area contributed by atoms with Crippen LogP contribution in [0.1, 0.15) is 0 Å². The molecule has 0 fully saturated rings. The quantitative estimate of drug-likeness (QED) is 0.614. The second-order valence-corrected chi connectivity index (χ2v) is 3.06. The number of hydrogen-bond donors (Lipinski definition) is 2. The summed E-state index contributed by atoms with van der Waals surface area (Å²) in [4.78, 5) is 18.8. The summed E-state index contributed by atoms with van der Waals surface area (Å²) in [6, 6.07) is 2.80. The second-order valence-electron chi connectivity index (χ2n) is 3.06. The van der Waals surface area contributed by atoms with E-state index in [0.717, 1.165) is 0 Å². The molecule has 3 rings (SSSR count). The molecule has 2 N–H and O–H groups in total. The fourth-order valence-electron chi connectivity index (χ4n) is 1.20. The molecule has 0 amide bonds. The Hall–Kier alpha value is -2.84. The second kappa shape index (κ2) is 3.63. The Morgan fingerprint density at radius 3 is 2.88 bits per heavy atom. The standard InChI is InChI=1S/C8H5N7O2/c16-5-2-1-4(12-13-5)8-11-7(15-17-8)6-9-3-10-14-6/h1-3H,(H,13,16)(H,9,10,14). The fourth-order valence-corrected chi connectivity index (χ4v) is 1.20. The van der Waals surface area contributed by atoms with Crippen LogP contribution in [0.15, 0.2) is 27.8 Å². The van der Waals surface area contributed by atoms with Crippen LogP contribution in [-0.2, 0) is 0 Å². The van der Waals surface area contributed by atoms with Crippen LogP contribution in [0.4, 0.5) is 0 Å². The van der Waals surface area contributed by atoms with Crippen molar-refractivity contribution in [2.45, 2.75) is 0 Å². The van der Waals surface area contributed by atoms with Gasteiger partial charge in [-0.25, -0.2) is 10.1 Å². The normalized spacial score (nSPS) is 10.6. The maximum Gasteiger partial charge on any atom is 0.278 e. The first-order valence-corrected chi connectivity index (χ1v) is 4.58. The molecule has 3 aromatic rings. The van der Waals surface area contributed by atoms with E-state index in [-0.39, 0.29) is 17.3 Å². The Kier molecular flexibility index (Phi) is 2.00. The number of nitrogens with zero attached hydrogens (tertiary/aromatic N) is 5. The van der Waals surface area contributed by atoms with Gasteiger partial charge in [-0.3, -0.25) is 9.89 Å². The molecule has 0 unspecified atom stereocenters. The molecule has 0 aliphatic rings. The van der Waals surface area contributed by atoms with Gasteiger partial charge >= 0.3 is 0 Å². The van der Waals surface area contributed by atoms with E-state index in [1.807, 2.05) is 0 Å². The van der Waals surface area contributed by atoms with E-state index in [1.165, 1.54) is 18.5 Å². The molecule has 3 aromatic heterocycles. The summed E-state index contributed by atoms with van der Waals surface area (Å²) in [5.41, 5.74) is 0.0755. The van der Waals surface area contributed by atoms with Crippen molar-refractivity contribution in [2.24, 2.45) is 0 Å². The van der Waals surface area contributed by atoms with Crippen molar-refractivity contribution in [1.82, 2.24) is 35.5 Å². The minimum Gasteiger partial charge on any atom is -0.332 e. The molecule has 0 spiro atoms. The molecule has 17 heavy (non-hydrogen) atoms. The molecular weight excluding hydrogens is 226 g/mol. The first-order chi connectivity index (χ1) is 8.33. The molecule has 0 bridgehead atoms. The molecule has 0 saturated heterocycles. The lowest BCUT2D eigenvalue weighted by molar-refractivity contribution is 0.430. The maximum atomic E-state index is 10.8. The smallest absolute Gasteiger partial charge is 0.278 e. The third-order valence-corrected chi connectivity index (χ3v) is 1.95. The van der Waals surface area contributed by atoms with Gasteiger partial charge in [0.2, 0.25) is 5.82 Å². The molecule has 0 saturated carbocycles. The van der Waals surface area contributed by atoms with Crippen LogP contribution in [-0.4, -0.2) is 35.5 Å². The highest BCUT2D eigenvalue weighted by Crippen LogP contribution is 2.16. The highest BCUT2D eigenvalue weighted by Gasteiger charge is 2.13. The summed E-state index contributed by atoms with van der Waals surface area (Å²) in [5, 5.41) is 16.0. The molecule has 0 aliphatic carbocycles. The molecular formula is C8H5N7O2. The molecule has 84 valence electrons. The van der Waals surface area contributed by atoms with Gasteiger partial charge in [-0.05, 0) is 6.07 Å². The van der Waals surface area contributed by atoms with Crippen LogP contribution in [0.5, 0.6) is 0 Å². The Labute approximate surface area is 92.9 Å².